The molecule has 1 saturated heterocycles. The molecule has 0 aromatic carbocycles. The summed E-state index contributed by atoms with van der Waals surface area (Å²) >= 11 is 0. The first-order valence-electron chi connectivity index (χ1n) is 27.3. The molecule has 0 saturated carbocycles. The highest BCUT2D eigenvalue weighted by molar-refractivity contribution is 6.00. The molecule has 0 unspecified atom stereocenters. The lowest BCUT2D eigenvalue weighted by Gasteiger charge is -2.33. The van der Waals surface area contributed by atoms with E-state index < -0.39 is 94.6 Å². The molecular weight excluding hydrogens is 967 g/mol. The second-order valence-corrected chi connectivity index (χ2v) is 22.4. The van der Waals surface area contributed by atoms with Crippen LogP contribution < -0.4 is 53.2 Å². The predicted octanol–water partition coefficient (Wildman–Crippen LogP) is 1.47. The Labute approximate surface area is 446 Å². The first kappa shape index (κ1) is 67.6. The van der Waals surface area contributed by atoms with E-state index >= 15 is 0 Å². The maximum Gasteiger partial charge on any atom is 0.246 e. The maximum absolute atomic E-state index is 14.3. The summed E-state index contributed by atoms with van der Waals surface area (Å²) in [6.45, 7) is 22.9. The standard InChI is InChI=1S/C53H97N11O11/c1-14-16-17-18-19-20-23-37(59-49(74)52(10,11)63-50(75)53(12,13)61-42(67)33-56-47(72)40-24-21-28-64(40)43(68)22-15-2)45(70)58-39(31-35(5)6)46(71)62-51(8,9)48(73)60-38(30-34(3)4)44(69)55-26-25-41(66)57-36(7)32-54-27-29-65/h34-40,54,65H,14-33H2,1-13H3,(H,55,69)(H,56,72)(H,57,66)(H,58,70)(H,59,74)(H,60,73)(H,61,67)(H,62,71)(H,63,75)/t36-,37-,38-,39-,40-/m0/s1. The van der Waals surface area contributed by atoms with E-state index in [-0.39, 0.29) is 68.5 Å². The van der Waals surface area contributed by atoms with Crippen molar-refractivity contribution in [1.29, 1.82) is 0 Å². The van der Waals surface area contributed by atoms with Crippen LogP contribution in [0.2, 0.25) is 0 Å². The van der Waals surface area contributed by atoms with Crippen LogP contribution in [0.4, 0.5) is 0 Å². The molecule has 0 aliphatic carbocycles. The number of carbonyl (C=O) groups is 10. The molecule has 0 aromatic rings. The SMILES string of the molecule is CCCCCCCC[C@H](NC(=O)C(C)(C)NC(=O)C(C)(C)NC(=O)CNC(=O)[C@@H]1CCCN1C(=O)CCC)C(=O)N[C@@H](CC(C)C)C(=O)NC(C)(C)C(=O)N[C@@H](CC(C)C)C(=O)NCCC(=O)N[C@@H](C)CNCCO. The number of rotatable bonds is 36. The summed E-state index contributed by atoms with van der Waals surface area (Å²) in [6.07, 6.45) is 8.10. The number of aliphatic hydroxyl groups excluding tert-OH is 1. The van der Waals surface area contributed by atoms with Gasteiger partial charge in [0.05, 0.1) is 13.2 Å². The van der Waals surface area contributed by atoms with Gasteiger partial charge in [0.25, 0.3) is 0 Å². The number of hydrogen-bond donors (Lipinski definition) is 11. The fraction of sp³-hybridized carbons (Fsp3) is 0.811. The molecule has 1 aliphatic rings. The van der Waals surface area contributed by atoms with Gasteiger partial charge in [0.15, 0.2) is 0 Å². The Morgan fingerprint density at radius 3 is 1.72 bits per heavy atom. The van der Waals surface area contributed by atoms with E-state index in [1.54, 1.807) is 0 Å². The van der Waals surface area contributed by atoms with E-state index in [0.29, 0.717) is 51.7 Å². The van der Waals surface area contributed by atoms with Crippen molar-refractivity contribution in [2.45, 2.75) is 227 Å². The van der Waals surface area contributed by atoms with Gasteiger partial charge in [-0.25, -0.2) is 0 Å². The normalized spacial score (nSPS) is 15.5. The van der Waals surface area contributed by atoms with Gasteiger partial charge in [-0.3, -0.25) is 47.9 Å². The molecule has 1 rings (SSSR count). The van der Waals surface area contributed by atoms with E-state index in [9.17, 15) is 47.9 Å². The lowest BCUT2D eigenvalue weighted by atomic mass is 9.96. The molecule has 1 aliphatic heterocycles. The van der Waals surface area contributed by atoms with Crippen molar-refractivity contribution in [3.05, 3.63) is 0 Å². The van der Waals surface area contributed by atoms with E-state index in [4.69, 9.17) is 5.11 Å². The monoisotopic (exact) mass is 1060 g/mol. The van der Waals surface area contributed by atoms with Crippen LogP contribution in [0.1, 0.15) is 180 Å². The van der Waals surface area contributed by atoms with Crippen LogP contribution in [-0.4, -0.2) is 155 Å². The van der Waals surface area contributed by atoms with Crippen molar-refractivity contribution in [3.63, 3.8) is 0 Å². The molecule has 1 fully saturated rings. The predicted molar refractivity (Wildman–Crippen MR) is 287 cm³/mol. The molecule has 11 N–H and O–H groups in total. The summed E-state index contributed by atoms with van der Waals surface area (Å²) < 4.78 is 0. The van der Waals surface area contributed by atoms with Crippen LogP contribution in [0.3, 0.4) is 0 Å². The molecule has 75 heavy (non-hydrogen) atoms. The Morgan fingerprint density at radius 1 is 0.573 bits per heavy atom. The molecular formula is C53H97N11O11. The zero-order valence-electron chi connectivity index (χ0n) is 47.7. The van der Waals surface area contributed by atoms with Crippen molar-refractivity contribution in [2.75, 3.05) is 39.3 Å². The summed E-state index contributed by atoms with van der Waals surface area (Å²) in [7, 11) is 0. The van der Waals surface area contributed by atoms with E-state index in [0.717, 1.165) is 32.1 Å². The number of hydrogen-bond acceptors (Lipinski definition) is 12. The summed E-state index contributed by atoms with van der Waals surface area (Å²) in [6, 6.07) is -4.16. The zero-order valence-corrected chi connectivity index (χ0v) is 47.7. The smallest absolute Gasteiger partial charge is 0.246 e. The Hall–Kier alpha value is -5.38. The maximum atomic E-state index is 14.3. The molecule has 10 amide bonds. The van der Waals surface area contributed by atoms with Gasteiger partial charge >= 0.3 is 0 Å². The van der Waals surface area contributed by atoms with Crippen LogP contribution in [0.25, 0.3) is 0 Å². The molecule has 0 bridgehead atoms. The highest BCUT2D eigenvalue weighted by Crippen LogP contribution is 2.20. The molecule has 5 atom stereocenters. The van der Waals surface area contributed by atoms with Gasteiger partial charge in [-0.05, 0) is 98.8 Å². The van der Waals surface area contributed by atoms with E-state index in [2.05, 4.69) is 60.1 Å². The van der Waals surface area contributed by atoms with Gasteiger partial charge in [-0.15, -0.1) is 0 Å². The van der Waals surface area contributed by atoms with Crippen LogP contribution in [0, 0.1) is 11.8 Å². The molecule has 430 valence electrons. The zero-order chi connectivity index (χ0) is 57.1. The largest absolute Gasteiger partial charge is 0.395 e. The Balaban J connectivity index is 3.14. The summed E-state index contributed by atoms with van der Waals surface area (Å²) in [5.74, 6) is -5.57. The van der Waals surface area contributed by atoms with Crippen molar-refractivity contribution < 1.29 is 53.1 Å². The number of unbranched alkanes of at least 4 members (excludes halogenated alkanes) is 5. The summed E-state index contributed by atoms with van der Waals surface area (Å²) in [5.41, 5.74) is -4.75. The van der Waals surface area contributed by atoms with Gasteiger partial charge in [0.2, 0.25) is 59.1 Å². The second-order valence-electron chi connectivity index (χ2n) is 22.4. The summed E-state index contributed by atoms with van der Waals surface area (Å²) in [4.78, 5) is 136. The number of carbonyl (C=O) groups excluding carboxylic acids is 10. The first-order chi connectivity index (χ1) is 35.0. The van der Waals surface area contributed by atoms with Gasteiger partial charge < -0.3 is 63.2 Å². The molecule has 1 heterocycles. The number of likely N-dealkylation sites (tertiary alicyclic amines) is 1. The molecule has 22 nitrogen and oxygen atoms in total. The molecule has 22 heteroatoms. The fourth-order valence-corrected chi connectivity index (χ4v) is 8.35. The Kier molecular flexibility index (Phi) is 30.3. The number of aliphatic hydroxyl groups is 1. The van der Waals surface area contributed by atoms with Gasteiger partial charge in [-0.1, -0.05) is 80.1 Å². The third-order valence-electron chi connectivity index (χ3n) is 12.7. The van der Waals surface area contributed by atoms with Crippen LogP contribution in [0.5, 0.6) is 0 Å². The number of amides is 10. The first-order valence-corrected chi connectivity index (χ1v) is 27.3. The van der Waals surface area contributed by atoms with Gasteiger partial charge in [0.1, 0.15) is 40.8 Å². The van der Waals surface area contributed by atoms with Gasteiger partial charge in [0, 0.05) is 45.1 Å². The molecule has 0 aromatic heterocycles. The van der Waals surface area contributed by atoms with Crippen molar-refractivity contribution in [3.8, 4) is 0 Å². The topological polar surface area (TPSA) is 314 Å². The Bertz CT molecular complexity index is 1890. The quantitative estimate of drug-likeness (QED) is 0.0398. The number of nitrogens with zero attached hydrogens (tertiary/aromatic N) is 1. The van der Waals surface area contributed by atoms with E-state index in [1.807, 2.05) is 41.5 Å². The highest BCUT2D eigenvalue weighted by atomic mass is 16.3. The van der Waals surface area contributed by atoms with Crippen LogP contribution in [-0.2, 0) is 47.9 Å². The number of nitrogens with one attached hydrogen (secondary N) is 10. The van der Waals surface area contributed by atoms with Gasteiger partial charge in [-0.2, -0.15) is 0 Å². The Morgan fingerprint density at radius 2 is 1.13 bits per heavy atom. The average molecular weight is 1060 g/mol. The minimum Gasteiger partial charge on any atom is -0.395 e. The summed E-state index contributed by atoms with van der Waals surface area (Å²) in [5, 5.41) is 36.5. The van der Waals surface area contributed by atoms with E-state index in [1.165, 1.54) is 46.4 Å². The minimum absolute atomic E-state index is 0.00397. The third-order valence-corrected chi connectivity index (χ3v) is 12.7. The second kappa shape index (κ2) is 33.6. The lowest BCUT2D eigenvalue weighted by molar-refractivity contribution is -0.139. The third kappa shape index (κ3) is 25.8. The lowest BCUT2D eigenvalue weighted by Crippen LogP contribution is -2.65. The minimum atomic E-state index is -1.62. The average Bonchev–Trinajstić information content (AvgIpc) is 3.81. The van der Waals surface area contributed by atoms with Crippen LogP contribution >= 0.6 is 0 Å². The highest BCUT2D eigenvalue weighted by Gasteiger charge is 2.40. The van der Waals surface area contributed by atoms with Crippen molar-refractivity contribution in [2.24, 2.45) is 11.8 Å². The fourth-order valence-electron chi connectivity index (χ4n) is 8.35. The van der Waals surface area contributed by atoms with Crippen molar-refractivity contribution in [1.82, 2.24) is 58.1 Å². The van der Waals surface area contributed by atoms with Crippen LogP contribution in [0.15, 0.2) is 0 Å². The molecule has 0 spiro atoms. The molecule has 0 radical (unpaired) electrons. The van der Waals surface area contributed by atoms with Crippen molar-refractivity contribution >= 4 is 59.1 Å².